The molecule has 5 nitrogen and oxygen atoms in total. The molecular weight excluding hydrogens is 264 g/mol. The first-order chi connectivity index (χ1) is 9.02. The van der Waals surface area contributed by atoms with Gasteiger partial charge in [-0.05, 0) is 31.0 Å². The van der Waals surface area contributed by atoms with Gasteiger partial charge >= 0.3 is 0 Å². The maximum absolute atomic E-state index is 8.66. The van der Waals surface area contributed by atoms with Crippen LogP contribution in [0.25, 0.3) is 0 Å². The number of oxime groups is 1. The molecule has 0 bridgehead atoms. The van der Waals surface area contributed by atoms with E-state index in [1.54, 1.807) is 6.20 Å². The Morgan fingerprint density at radius 1 is 1.47 bits per heavy atom. The Balaban J connectivity index is 2.30. The van der Waals surface area contributed by atoms with Crippen LogP contribution in [0.15, 0.2) is 29.6 Å². The Bertz CT molecular complexity index is 634. The lowest BCUT2D eigenvalue weighted by molar-refractivity contribution is 0.318. The standard InChI is InChI=1S/C13H15ClN4O/c1-8-5-10(13(15)17-19)3-4-11(8)7-18-9(2)12(14)6-16-18/h3-6,19H,7H2,1-2H3,(H2,15,17). The van der Waals surface area contributed by atoms with Gasteiger partial charge in [0.05, 0.1) is 23.5 Å². The van der Waals surface area contributed by atoms with E-state index in [0.29, 0.717) is 17.1 Å². The van der Waals surface area contributed by atoms with E-state index in [1.165, 1.54) is 0 Å². The molecule has 0 saturated carbocycles. The molecule has 19 heavy (non-hydrogen) atoms. The van der Waals surface area contributed by atoms with E-state index in [0.717, 1.165) is 16.8 Å². The summed E-state index contributed by atoms with van der Waals surface area (Å²) in [6.07, 6.45) is 1.64. The molecule has 0 unspecified atom stereocenters. The molecule has 0 spiro atoms. The van der Waals surface area contributed by atoms with Gasteiger partial charge in [-0.25, -0.2) is 0 Å². The van der Waals surface area contributed by atoms with Crippen molar-refractivity contribution in [1.29, 1.82) is 0 Å². The molecule has 0 amide bonds. The fraction of sp³-hybridized carbons (Fsp3) is 0.231. The van der Waals surface area contributed by atoms with Crippen LogP contribution < -0.4 is 5.73 Å². The minimum Gasteiger partial charge on any atom is -0.409 e. The van der Waals surface area contributed by atoms with Crippen LogP contribution in [0, 0.1) is 13.8 Å². The van der Waals surface area contributed by atoms with Crippen molar-refractivity contribution in [2.45, 2.75) is 20.4 Å². The molecule has 1 heterocycles. The lowest BCUT2D eigenvalue weighted by Crippen LogP contribution is -2.14. The molecule has 0 aliphatic carbocycles. The zero-order valence-corrected chi connectivity index (χ0v) is 11.5. The maximum atomic E-state index is 8.66. The van der Waals surface area contributed by atoms with E-state index in [4.69, 9.17) is 22.5 Å². The highest BCUT2D eigenvalue weighted by molar-refractivity contribution is 6.31. The SMILES string of the molecule is Cc1cc(/C(N)=N/O)ccc1Cn1ncc(Cl)c1C. The summed E-state index contributed by atoms with van der Waals surface area (Å²) < 4.78 is 1.84. The summed E-state index contributed by atoms with van der Waals surface area (Å²) >= 11 is 5.98. The van der Waals surface area contributed by atoms with Crippen LogP contribution in [0.1, 0.15) is 22.4 Å². The lowest BCUT2D eigenvalue weighted by atomic mass is 10.0. The lowest BCUT2D eigenvalue weighted by Gasteiger charge is -2.09. The van der Waals surface area contributed by atoms with Crippen LogP contribution in [0.4, 0.5) is 0 Å². The third kappa shape index (κ3) is 2.71. The van der Waals surface area contributed by atoms with Gasteiger partial charge in [-0.15, -0.1) is 0 Å². The second-order valence-corrected chi connectivity index (χ2v) is 4.77. The summed E-state index contributed by atoms with van der Waals surface area (Å²) in [7, 11) is 0. The van der Waals surface area contributed by atoms with Crippen LogP contribution in [-0.2, 0) is 6.54 Å². The Morgan fingerprint density at radius 3 is 2.74 bits per heavy atom. The average molecular weight is 279 g/mol. The molecule has 0 aliphatic rings. The van der Waals surface area contributed by atoms with E-state index < -0.39 is 0 Å². The van der Waals surface area contributed by atoms with Gasteiger partial charge in [0.15, 0.2) is 5.84 Å². The number of hydrogen-bond donors (Lipinski definition) is 2. The third-order valence-electron chi connectivity index (χ3n) is 3.11. The van der Waals surface area contributed by atoms with Crippen molar-refractivity contribution in [3.8, 4) is 0 Å². The molecule has 0 radical (unpaired) electrons. The van der Waals surface area contributed by atoms with Crippen LogP contribution in [0.3, 0.4) is 0 Å². The van der Waals surface area contributed by atoms with Crippen LogP contribution in [0.2, 0.25) is 5.02 Å². The molecule has 2 rings (SSSR count). The predicted octanol–water partition coefficient (Wildman–Crippen LogP) is 2.30. The summed E-state index contributed by atoms with van der Waals surface area (Å²) in [5.74, 6) is 0.105. The largest absolute Gasteiger partial charge is 0.409 e. The quantitative estimate of drug-likeness (QED) is 0.391. The minimum absolute atomic E-state index is 0.105. The summed E-state index contributed by atoms with van der Waals surface area (Å²) in [5.41, 5.74) is 9.34. The van der Waals surface area contributed by atoms with Crippen molar-refractivity contribution in [3.05, 3.63) is 51.8 Å². The molecule has 3 N–H and O–H groups in total. The third-order valence-corrected chi connectivity index (χ3v) is 3.48. The average Bonchev–Trinajstić information content (AvgIpc) is 2.72. The van der Waals surface area contributed by atoms with Gasteiger partial charge in [0.25, 0.3) is 0 Å². The zero-order valence-electron chi connectivity index (χ0n) is 10.8. The number of aromatic nitrogens is 2. The Kier molecular flexibility index (Phi) is 3.76. The highest BCUT2D eigenvalue weighted by atomic mass is 35.5. The maximum Gasteiger partial charge on any atom is 0.170 e. The highest BCUT2D eigenvalue weighted by Crippen LogP contribution is 2.17. The van der Waals surface area contributed by atoms with Crippen LogP contribution in [-0.4, -0.2) is 20.8 Å². The van der Waals surface area contributed by atoms with Crippen molar-refractivity contribution in [2.75, 3.05) is 0 Å². The Labute approximate surface area is 116 Å². The Morgan fingerprint density at radius 2 is 2.21 bits per heavy atom. The van der Waals surface area contributed by atoms with Gasteiger partial charge in [0.1, 0.15) is 0 Å². The number of aryl methyl sites for hydroxylation is 1. The normalized spacial score (nSPS) is 11.8. The van der Waals surface area contributed by atoms with E-state index in [9.17, 15) is 0 Å². The number of rotatable bonds is 3. The second kappa shape index (κ2) is 5.32. The number of benzene rings is 1. The second-order valence-electron chi connectivity index (χ2n) is 4.36. The summed E-state index contributed by atoms with van der Waals surface area (Å²) in [6.45, 7) is 4.54. The number of halogens is 1. The van der Waals surface area contributed by atoms with Crippen molar-refractivity contribution >= 4 is 17.4 Å². The van der Waals surface area contributed by atoms with Gasteiger partial charge in [-0.1, -0.05) is 28.9 Å². The molecule has 0 saturated heterocycles. The number of nitrogens with zero attached hydrogens (tertiary/aromatic N) is 3. The molecular formula is C13H15ClN4O. The molecule has 0 aliphatic heterocycles. The number of hydrogen-bond acceptors (Lipinski definition) is 3. The first kappa shape index (κ1) is 13.4. The molecule has 1 aromatic carbocycles. The van der Waals surface area contributed by atoms with Gasteiger partial charge < -0.3 is 10.9 Å². The highest BCUT2D eigenvalue weighted by Gasteiger charge is 2.08. The topological polar surface area (TPSA) is 76.4 Å². The van der Waals surface area contributed by atoms with Crippen molar-refractivity contribution < 1.29 is 5.21 Å². The fourth-order valence-corrected chi connectivity index (χ4v) is 1.98. The van der Waals surface area contributed by atoms with E-state index in [2.05, 4.69) is 10.3 Å². The van der Waals surface area contributed by atoms with Crippen molar-refractivity contribution in [2.24, 2.45) is 10.9 Å². The molecule has 100 valence electrons. The van der Waals surface area contributed by atoms with Gasteiger partial charge in [0, 0.05) is 5.56 Å². The number of amidine groups is 1. The summed E-state index contributed by atoms with van der Waals surface area (Å²) in [6, 6.07) is 5.64. The summed E-state index contributed by atoms with van der Waals surface area (Å²) in [4.78, 5) is 0. The van der Waals surface area contributed by atoms with Gasteiger partial charge in [-0.2, -0.15) is 5.10 Å². The molecule has 0 atom stereocenters. The van der Waals surface area contributed by atoms with E-state index in [1.807, 2.05) is 36.7 Å². The Hall–Kier alpha value is -2.01. The molecule has 0 fully saturated rings. The van der Waals surface area contributed by atoms with Crippen LogP contribution in [0.5, 0.6) is 0 Å². The molecule has 2 aromatic rings. The van der Waals surface area contributed by atoms with Gasteiger partial charge in [-0.3, -0.25) is 4.68 Å². The van der Waals surface area contributed by atoms with Crippen molar-refractivity contribution in [3.63, 3.8) is 0 Å². The monoisotopic (exact) mass is 278 g/mol. The minimum atomic E-state index is 0.105. The van der Waals surface area contributed by atoms with Gasteiger partial charge in [0.2, 0.25) is 0 Å². The fourth-order valence-electron chi connectivity index (χ4n) is 1.83. The summed E-state index contributed by atoms with van der Waals surface area (Å²) in [5, 5.41) is 16.5. The zero-order chi connectivity index (χ0) is 14.0. The molecule has 6 heteroatoms. The van der Waals surface area contributed by atoms with E-state index >= 15 is 0 Å². The molecule has 1 aromatic heterocycles. The van der Waals surface area contributed by atoms with Crippen LogP contribution >= 0.6 is 11.6 Å². The first-order valence-electron chi connectivity index (χ1n) is 5.78. The smallest absolute Gasteiger partial charge is 0.170 e. The van der Waals surface area contributed by atoms with Crippen molar-refractivity contribution in [1.82, 2.24) is 9.78 Å². The first-order valence-corrected chi connectivity index (χ1v) is 6.16. The number of nitrogens with two attached hydrogens (primary N) is 1. The predicted molar refractivity (Wildman–Crippen MR) is 74.8 cm³/mol. The van der Waals surface area contributed by atoms with E-state index in [-0.39, 0.29) is 5.84 Å².